The highest BCUT2D eigenvalue weighted by molar-refractivity contribution is 5.83. The molecule has 0 radical (unpaired) electrons. The van der Waals surface area contributed by atoms with Crippen molar-refractivity contribution in [1.82, 2.24) is 15.5 Å². The minimum absolute atomic E-state index is 0.0178. The van der Waals surface area contributed by atoms with Gasteiger partial charge in [-0.05, 0) is 31.2 Å². The number of urea groups is 1. The molecule has 2 N–H and O–H groups in total. The van der Waals surface area contributed by atoms with Crippen LogP contribution in [-0.4, -0.2) is 36.5 Å². The van der Waals surface area contributed by atoms with Gasteiger partial charge in [0.05, 0.1) is 0 Å². The van der Waals surface area contributed by atoms with Crippen LogP contribution in [0.25, 0.3) is 0 Å². The Labute approximate surface area is 151 Å². The summed E-state index contributed by atoms with van der Waals surface area (Å²) >= 11 is 0. The summed E-state index contributed by atoms with van der Waals surface area (Å²) in [6.07, 6.45) is 1.39. The molecule has 0 aromatic heterocycles. The summed E-state index contributed by atoms with van der Waals surface area (Å²) in [6, 6.07) is 8.17. The first-order chi connectivity index (χ1) is 11.8. The highest BCUT2D eigenvalue weighted by Crippen LogP contribution is 2.31. The Morgan fingerprint density at radius 1 is 1.12 bits per heavy atom. The molecule has 0 saturated carbocycles. The summed E-state index contributed by atoms with van der Waals surface area (Å²) in [5, 5.41) is 6.00. The average Bonchev–Trinajstić information content (AvgIpc) is 2.59. The number of nitrogens with zero attached hydrogens (tertiary/aromatic N) is 1. The fourth-order valence-electron chi connectivity index (χ4n) is 2.94. The number of hydrogen-bond donors (Lipinski definition) is 2. The van der Waals surface area contributed by atoms with E-state index in [-0.39, 0.29) is 11.9 Å². The second kappa shape index (κ2) is 8.37. The summed E-state index contributed by atoms with van der Waals surface area (Å²) < 4.78 is 0. The maximum Gasteiger partial charge on any atom is 0.317 e. The molecule has 1 aliphatic rings. The SMILES string of the molecule is Cc1ccc(CNC(=O)C2(C)CCN(C(=O)NCC(C)C)CC2)cc1. The molecule has 1 saturated heterocycles. The van der Waals surface area contributed by atoms with Gasteiger partial charge in [-0.1, -0.05) is 50.6 Å². The summed E-state index contributed by atoms with van der Waals surface area (Å²) in [4.78, 5) is 26.6. The van der Waals surface area contributed by atoms with Gasteiger partial charge in [0.25, 0.3) is 0 Å². The third-order valence-corrected chi connectivity index (χ3v) is 4.94. The predicted octanol–water partition coefficient (Wildman–Crippen LogP) is 3.08. The number of carbonyl (C=O) groups excluding carboxylic acids is 2. The number of rotatable bonds is 5. The Morgan fingerprint density at radius 3 is 2.28 bits per heavy atom. The fourth-order valence-corrected chi connectivity index (χ4v) is 2.94. The van der Waals surface area contributed by atoms with Crippen LogP contribution in [-0.2, 0) is 11.3 Å². The van der Waals surface area contributed by atoms with Crippen molar-refractivity contribution in [2.75, 3.05) is 19.6 Å². The number of benzene rings is 1. The van der Waals surface area contributed by atoms with Gasteiger partial charge in [0.1, 0.15) is 0 Å². The van der Waals surface area contributed by atoms with Gasteiger partial charge in [0.2, 0.25) is 5.91 Å². The maximum absolute atomic E-state index is 12.6. The van der Waals surface area contributed by atoms with Crippen LogP contribution in [0.4, 0.5) is 4.79 Å². The molecule has 1 aromatic rings. The van der Waals surface area contributed by atoms with Crippen molar-refractivity contribution in [2.24, 2.45) is 11.3 Å². The zero-order valence-electron chi connectivity index (χ0n) is 15.9. The van der Waals surface area contributed by atoms with Gasteiger partial charge in [0.15, 0.2) is 0 Å². The molecule has 5 heteroatoms. The molecule has 0 bridgehead atoms. The lowest BCUT2D eigenvalue weighted by atomic mass is 9.79. The number of carbonyl (C=O) groups is 2. The van der Waals surface area contributed by atoms with Crippen LogP contribution in [0.1, 0.15) is 44.7 Å². The Hall–Kier alpha value is -2.04. The Kier molecular flexibility index (Phi) is 6.45. The fraction of sp³-hybridized carbons (Fsp3) is 0.600. The number of piperidine rings is 1. The molecule has 5 nitrogen and oxygen atoms in total. The predicted molar refractivity (Wildman–Crippen MR) is 100 cm³/mol. The van der Waals surface area contributed by atoms with Crippen LogP contribution >= 0.6 is 0 Å². The number of likely N-dealkylation sites (tertiary alicyclic amines) is 1. The molecule has 25 heavy (non-hydrogen) atoms. The van der Waals surface area contributed by atoms with Gasteiger partial charge in [-0.3, -0.25) is 4.79 Å². The van der Waals surface area contributed by atoms with Crippen molar-refractivity contribution in [3.8, 4) is 0 Å². The Bertz CT molecular complexity index is 587. The first-order valence-corrected chi connectivity index (χ1v) is 9.17. The molecule has 1 aliphatic heterocycles. The summed E-state index contributed by atoms with van der Waals surface area (Å²) in [7, 11) is 0. The van der Waals surface area contributed by atoms with Gasteiger partial charge in [-0.25, -0.2) is 4.79 Å². The third-order valence-electron chi connectivity index (χ3n) is 4.94. The summed E-state index contributed by atoms with van der Waals surface area (Å²) in [5.74, 6) is 0.516. The smallest absolute Gasteiger partial charge is 0.317 e. The van der Waals surface area contributed by atoms with Gasteiger partial charge >= 0.3 is 6.03 Å². The van der Waals surface area contributed by atoms with Gasteiger partial charge in [-0.15, -0.1) is 0 Å². The third kappa shape index (κ3) is 5.48. The lowest BCUT2D eigenvalue weighted by Crippen LogP contribution is -2.51. The second-order valence-corrected chi connectivity index (χ2v) is 7.80. The van der Waals surface area contributed by atoms with Gasteiger partial charge in [-0.2, -0.15) is 0 Å². The van der Waals surface area contributed by atoms with E-state index >= 15 is 0 Å². The van der Waals surface area contributed by atoms with Crippen molar-refractivity contribution >= 4 is 11.9 Å². The standard InChI is InChI=1S/C20H31N3O2/c1-15(2)13-22-19(25)23-11-9-20(4,10-12-23)18(24)21-14-17-7-5-16(3)6-8-17/h5-8,15H,9-14H2,1-4H3,(H,21,24)(H,22,25). The number of hydrogen-bond acceptors (Lipinski definition) is 2. The van der Waals surface area contributed by atoms with E-state index in [1.165, 1.54) is 5.56 Å². The maximum atomic E-state index is 12.6. The van der Waals surface area contributed by atoms with E-state index in [1.807, 2.05) is 24.0 Å². The van der Waals surface area contributed by atoms with Crippen molar-refractivity contribution in [3.05, 3.63) is 35.4 Å². The second-order valence-electron chi connectivity index (χ2n) is 7.80. The topological polar surface area (TPSA) is 61.4 Å². The lowest BCUT2D eigenvalue weighted by Gasteiger charge is -2.38. The van der Waals surface area contributed by atoms with E-state index in [2.05, 4.69) is 43.5 Å². The molecule has 138 valence electrons. The van der Waals surface area contributed by atoms with Crippen molar-refractivity contribution in [1.29, 1.82) is 0 Å². The van der Waals surface area contributed by atoms with Crippen molar-refractivity contribution in [2.45, 2.75) is 47.1 Å². The van der Waals surface area contributed by atoms with Crippen molar-refractivity contribution < 1.29 is 9.59 Å². The van der Waals surface area contributed by atoms with E-state index < -0.39 is 5.41 Å². The van der Waals surface area contributed by atoms with Crippen LogP contribution in [0.15, 0.2) is 24.3 Å². The van der Waals surface area contributed by atoms with E-state index in [1.54, 1.807) is 0 Å². The molecule has 2 rings (SSSR count). The molecule has 0 aliphatic carbocycles. The van der Waals surface area contributed by atoms with Crippen LogP contribution < -0.4 is 10.6 Å². The number of amides is 3. The summed E-state index contributed by atoms with van der Waals surface area (Å²) in [6.45, 7) is 10.7. The van der Waals surface area contributed by atoms with E-state index in [0.717, 1.165) is 5.56 Å². The first kappa shape index (κ1) is 19.3. The van der Waals surface area contributed by atoms with Crippen LogP contribution in [0.3, 0.4) is 0 Å². The number of aryl methyl sites for hydroxylation is 1. The van der Waals surface area contributed by atoms with Crippen molar-refractivity contribution in [3.63, 3.8) is 0 Å². The summed E-state index contributed by atoms with van der Waals surface area (Å²) in [5.41, 5.74) is 1.91. The Morgan fingerprint density at radius 2 is 1.72 bits per heavy atom. The molecule has 0 unspecified atom stereocenters. The van der Waals surface area contributed by atoms with Crippen LogP contribution in [0, 0.1) is 18.3 Å². The molecule has 3 amide bonds. The molecule has 1 heterocycles. The molecular weight excluding hydrogens is 314 g/mol. The van der Waals surface area contributed by atoms with E-state index in [9.17, 15) is 9.59 Å². The van der Waals surface area contributed by atoms with Gasteiger partial charge < -0.3 is 15.5 Å². The van der Waals surface area contributed by atoms with Crippen LogP contribution in [0.2, 0.25) is 0 Å². The average molecular weight is 345 g/mol. The van der Waals surface area contributed by atoms with Gasteiger partial charge in [0, 0.05) is 31.6 Å². The molecular formula is C20H31N3O2. The van der Waals surface area contributed by atoms with E-state index in [4.69, 9.17) is 0 Å². The molecule has 0 atom stereocenters. The zero-order chi connectivity index (χ0) is 18.4. The monoisotopic (exact) mass is 345 g/mol. The van der Waals surface area contributed by atoms with Crippen LogP contribution in [0.5, 0.6) is 0 Å². The minimum atomic E-state index is -0.403. The Balaban J connectivity index is 1.81. The zero-order valence-corrected chi connectivity index (χ0v) is 15.9. The molecule has 0 spiro atoms. The molecule has 1 fully saturated rings. The first-order valence-electron chi connectivity index (χ1n) is 9.17. The highest BCUT2D eigenvalue weighted by atomic mass is 16.2. The normalized spacial score (nSPS) is 16.6. The number of nitrogens with one attached hydrogen (secondary N) is 2. The highest BCUT2D eigenvalue weighted by Gasteiger charge is 2.37. The largest absolute Gasteiger partial charge is 0.352 e. The molecule has 1 aromatic carbocycles. The van der Waals surface area contributed by atoms with E-state index in [0.29, 0.717) is 44.9 Å². The lowest BCUT2D eigenvalue weighted by molar-refractivity contribution is -0.132. The minimum Gasteiger partial charge on any atom is -0.352 e. The quantitative estimate of drug-likeness (QED) is 0.861.